The van der Waals surface area contributed by atoms with Crippen LogP contribution in [0.5, 0.6) is 5.75 Å². The van der Waals surface area contributed by atoms with Gasteiger partial charge in [-0.05, 0) is 67.5 Å². The fourth-order valence-electron chi connectivity index (χ4n) is 4.81. The summed E-state index contributed by atoms with van der Waals surface area (Å²) in [5.41, 5.74) is 2.08. The Labute approximate surface area is 204 Å². The average molecular weight is 477 g/mol. The Hall–Kier alpha value is -3.57. The SMILES string of the molecule is COc1ccc2nccc(C(F)CC[C@@H]3CCN(CC#Cc4cncnc4)C[C@@H]3CC(=O)O)c2c1. The predicted molar refractivity (Wildman–Crippen MR) is 131 cm³/mol. The van der Waals surface area contributed by atoms with E-state index in [-0.39, 0.29) is 18.3 Å². The number of carbonyl (C=O) groups is 1. The molecule has 0 radical (unpaired) electrons. The number of carboxylic acids is 1. The molecule has 3 atom stereocenters. The number of rotatable bonds is 8. The van der Waals surface area contributed by atoms with E-state index < -0.39 is 12.1 Å². The molecule has 0 bridgehead atoms. The van der Waals surface area contributed by atoms with Crippen molar-refractivity contribution in [3.8, 4) is 17.6 Å². The molecule has 0 spiro atoms. The number of likely N-dealkylation sites (tertiary alicyclic amines) is 1. The summed E-state index contributed by atoms with van der Waals surface area (Å²) in [5, 5.41) is 10.2. The molecule has 7 nitrogen and oxygen atoms in total. The van der Waals surface area contributed by atoms with Crippen LogP contribution in [0.25, 0.3) is 10.9 Å². The Kier molecular flexibility index (Phi) is 8.22. The number of alkyl halides is 1. The van der Waals surface area contributed by atoms with Gasteiger partial charge < -0.3 is 9.84 Å². The first-order valence-electron chi connectivity index (χ1n) is 11.8. The van der Waals surface area contributed by atoms with Gasteiger partial charge in [0.05, 0.1) is 24.7 Å². The van der Waals surface area contributed by atoms with Crippen LogP contribution in [-0.2, 0) is 4.79 Å². The number of pyridine rings is 1. The maximum Gasteiger partial charge on any atom is 0.303 e. The van der Waals surface area contributed by atoms with Crippen molar-refractivity contribution in [2.45, 2.75) is 31.9 Å². The zero-order valence-electron chi connectivity index (χ0n) is 19.7. The monoisotopic (exact) mass is 476 g/mol. The van der Waals surface area contributed by atoms with Crippen molar-refractivity contribution in [1.29, 1.82) is 0 Å². The van der Waals surface area contributed by atoms with Crippen LogP contribution < -0.4 is 4.74 Å². The second-order valence-corrected chi connectivity index (χ2v) is 8.90. The summed E-state index contributed by atoms with van der Waals surface area (Å²) in [6.07, 6.45) is 7.13. The summed E-state index contributed by atoms with van der Waals surface area (Å²) in [6.45, 7) is 2.00. The van der Waals surface area contributed by atoms with Gasteiger partial charge in [0.15, 0.2) is 0 Å². The minimum atomic E-state index is -1.16. The molecule has 3 heterocycles. The van der Waals surface area contributed by atoms with E-state index in [1.807, 2.05) is 18.2 Å². The molecule has 3 aromatic rings. The van der Waals surface area contributed by atoms with Gasteiger partial charge >= 0.3 is 5.97 Å². The van der Waals surface area contributed by atoms with E-state index in [2.05, 4.69) is 31.7 Å². The molecule has 1 aliphatic heterocycles. The third-order valence-electron chi connectivity index (χ3n) is 6.62. The molecule has 1 saturated heterocycles. The summed E-state index contributed by atoms with van der Waals surface area (Å²) >= 11 is 0. The summed E-state index contributed by atoms with van der Waals surface area (Å²) in [5.74, 6) is 6.13. The van der Waals surface area contributed by atoms with Crippen molar-refractivity contribution < 1.29 is 19.0 Å². The van der Waals surface area contributed by atoms with Crippen LogP contribution in [0.4, 0.5) is 4.39 Å². The van der Waals surface area contributed by atoms with E-state index in [4.69, 9.17) is 4.74 Å². The number of aliphatic carboxylic acids is 1. The largest absolute Gasteiger partial charge is 0.497 e. The molecule has 0 saturated carbocycles. The highest BCUT2D eigenvalue weighted by Gasteiger charge is 2.31. The number of benzene rings is 1. The quantitative estimate of drug-likeness (QED) is 0.485. The first-order valence-corrected chi connectivity index (χ1v) is 11.8. The Morgan fingerprint density at radius 2 is 2.11 bits per heavy atom. The maximum absolute atomic E-state index is 15.4. The van der Waals surface area contributed by atoms with E-state index in [9.17, 15) is 9.90 Å². The van der Waals surface area contributed by atoms with Gasteiger partial charge in [-0.25, -0.2) is 14.4 Å². The van der Waals surface area contributed by atoms with Gasteiger partial charge in [-0.1, -0.05) is 11.8 Å². The maximum atomic E-state index is 15.4. The summed E-state index contributed by atoms with van der Waals surface area (Å²) in [7, 11) is 1.58. The van der Waals surface area contributed by atoms with Crippen molar-refractivity contribution in [3.05, 3.63) is 60.3 Å². The lowest BCUT2D eigenvalue weighted by Gasteiger charge is -2.37. The number of hydrogen-bond acceptors (Lipinski definition) is 6. The number of ether oxygens (including phenoxy) is 1. The van der Waals surface area contributed by atoms with Crippen molar-refractivity contribution in [1.82, 2.24) is 19.9 Å². The molecule has 0 aliphatic carbocycles. The number of methoxy groups -OCH3 is 1. The lowest BCUT2D eigenvalue weighted by molar-refractivity contribution is -0.139. The third-order valence-corrected chi connectivity index (χ3v) is 6.62. The Morgan fingerprint density at radius 1 is 1.29 bits per heavy atom. The Morgan fingerprint density at radius 3 is 2.89 bits per heavy atom. The highest BCUT2D eigenvalue weighted by Crippen LogP contribution is 2.36. The van der Waals surface area contributed by atoms with Crippen LogP contribution in [0.1, 0.15) is 43.0 Å². The predicted octanol–water partition coefficient (Wildman–Crippen LogP) is 4.29. The lowest BCUT2D eigenvalue weighted by atomic mass is 9.79. The average Bonchev–Trinajstić information content (AvgIpc) is 2.87. The number of hydrogen-bond donors (Lipinski definition) is 1. The fraction of sp³-hybridized carbons (Fsp3) is 0.407. The van der Waals surface area contributed by atoms with Crippen molar-refractivity contribution in [3.63, 3.8) is 0 Å². The van der Waals surface area contributed by atoms with Crippen LogP contribution in [0, 0.1) is 23.7 Å². The number of fused-ring (bicyclic) bond motifs is 1. The number of halogens is 1. The molecule has 8 heteroatoms. The molecule has 2 aromatic heterocycles. The van der Waals surface area contributed by atoms with Gasteiger partial charge in [0.2, 0.25) is 0 Å². The molecule has 1 unspecified atom stereocenters. The molecular formula is C27H29FN4O3. The van der Waals surface area contributed by atoms with E-state index in [0.29, 0.717) is 37.2 Å². The third kappa shape index (κ3) is 6.52. The van der Waals surface area contributed by atoms with Gasteiger partial charge in [-0.15, -0.1) is 0 Å². The second-order valence-electron chi connectivity index (χ2n) is 8.90. The highest BCUT2D eigenvalue weighted by molar-refractivity contribution is 5.83. The van der Waals surface area contributed by atoms with Gasteiger partial charge in [-0.2, -0.15) is 0 Å². The smallest absolute Gasteiger partial charge is 0.303 e. The molecule has 1 aromatic carbocycles. The lowest BCUT2D eigenvalue weighted by Crippen LogP contribution is -2.41. The number of aromatic nitrogens is 3. The first-order chi connectivity index (χ1) is 17.0. The fourth-order valence-corrected chi connectivity index (χ4v) is 4.81. The van der Waals surface area contributed by atoms with Crippen molar-refractivity contribution in [2.75, 3.05) is 26.7 Å². The molecule has 0 amide bonds. The van der Waals surface area contributed by atoms with E-state index in [0.717, 1.165) is 29.4 Å². The standard InChI is InChI=1S/C27H29FN4O3/c1-35-22-5-7-26-24(14-22)23(8-10-31-26)25(28)6-4-20-9-12-32(17-21(20)13-27(33)34)11-2-3-19-15-29-18-30-16-19/h5,7-8,10,14-16,18,20-21,25H,4,6,9,11-13,17H2,1H3,(H,33,34)/t20-,21+,25?/m1/s1. The molecular weight excluding hydrogens is 447 g/mol. The topological polar surface area (TPSA) is 88.4 Å². The zero-order valence-corrected chi connectivity index (χ0v) is 19.7. The zero-order chi connectivity index (χ0) is 24.6. The molecule has 1 N–H and O–H groups in total. The van der Waals surface area contributed by atoms with Crippen LogP contribution in [0.2, 0.25) is 0 Å². The second kappa shape index (κ2) is 11.7. The van der Waals surface area contributed by atoms with E-state index in [1.54, 1.807) is 31.8 Å². The number of piperidine rings is 1. The van der Waals surface area contributed by atoms with Gasteiger partial charge in [0.1, 0.15) is 18.2 Å². The van der Waals surface area contributed by atoms with Crippen molar-refractivity contribution >= 4 is 16.9 Å². The van der Waals surface area contributed by atoms with Crippen molar-refractivity contribution in [2.24, 2.45) is 11.8 Å². The minimum Gasteiger partial charge on any atom is -0.497 e. The molecule has 1 fully saturated rings. The summed E-state index contributed by atoms with van der Waals surface area (Å²) in [4.78, 5) is 26.0. The van der Waals surface area contributed by atoms with E-state index >= 15 is 4.39 Å². The van der Waals surface area contributed by atoms with Crippen LogP contribution in [-0.4, -0.2) is 57.7 Å². The molecule has 182 valence electrons. The van der Waals surface area contributed by atoms with E-state index in [1.165, 1.54) is 6.33 Å². The summed E-state index contributed by atoms with van der Waals surface area (Å²) < 4.78 is 20.7. The van der Waals surface area contributed by atoms with Gasteiger partial charge in [-0.3, -0.25) is 14.7 Å². The van der Waals surface area contributed by atoms with Crippen LogP contribution >= 0.6 is 0 Å². The summed E-state index contributed by atoms with van der Waals surface area (Å²) in [6, 6.07) is 7.18. The number of nitrogens with zero attached hydrogens (tertiary/aromatic N) is 4. The Bertz CT molecular complexity index is 1210. The molecule has 1 aliphatic rings. The first kappa shape index (κ1) is 24.6. The van der Waals surface area contributed by atoms with Crippen LogP contribution in [0.3, 0.4) is 0 Å². The highest BCUT2D eigenvalue weighted by atomic mass is 19.1. The normalized spacial score (nSPS) is 19.0. The molecule has 4 rings (SSSR count). The van der Waals surface area contributed by atoms with Gasteiger partial charge in [0.25, 0.3) is 0 Å². The molecule has 35 heavy (non-hydrogen) atoms. The number of carboxylic acid groups (broad SMARTS) is 1. The van der Waals surface area contributed by atoms with Gasteiger partial charge in [0, 0.05) is 36.9 Å². The Balaban J connectivity index is 1.39. The minimum absolute atomic E-state index is 0.0374. The van der Waals surface area contributed by atoms with Crippen LogP contribution in [0.15, 0.2) is 49.2 Å².